The normalized spacial score (nSPS) is 17.7. The molecular formula is C22H24ClNO4. The summed E-state index contributed by atoms with van der Waals surface area (Å²) in [4.78, 5) is 24.0. The van der Waals surface area contributed by atoms with E-state index in [-0.39, 0.29) is 24.5 Å². The molecule has 1 aliphatic heterocycles. The van der Waals surface area contributed by atoms with Gasteiger partial charge in [-0.05, 0) is 48.2 Å². The van der Waals surface area contributed by atoms with Crippen LogP contribution in [0.2, 0.25) is 5.02 Å². The summed E-state index contributed by atoms with van der Waals surface area (Å²) in [6.45, 7) is 1.82. The molecule has 0 unspecified atom stereocenters. The van der Waals surface area contributed by atoms with Crippen LogP contribution in [0.4, 0.5) is 0 Å². The number of rotatable bonds is 7. The second-order valence-electron chi connectivity index (χ2n) is 7.62. The Bertz CT molecular complexity index is 881. The van der Waals surface area contributed by atoms with Gasteiger partial charge in [0.1, 0.15) is 17.9 Å². The first-order valence-electron chi connectivity index (χ1n) is 9.25. The molecule has 3 rings (SSSR count). The largest absolute Gasteiger partial charge is 0.487 e. The minimum atomic E-state index is -1.01. The van der Waals surface area contributed by atoms with Gasteiger partial charge in [0.2, 0.25) is 5.91 Å². The molecule has 1 aliphatic rings. The van der Waals surface area contributed by atoms with Gasteiger partial charge in [-0.3, -0.25) is 9.59 Å². The molecule has 0 spiro atoms. The highest BCUT2D eigenvalue weighted by molar-refractivity contribution is 6.30. The lowest BCUT2D eigenvalue weighted by Gasteiger charge is -2.24. The third-order valence-corrected chi connectivity index (χ3v) is 5.21. The fourth-order valence-corrected chi connectivity index (χ4v) is 3.72. The highest BCUT2D eigenvalue weighted by atomic mass is 35.5. The summed E-state index contributed by atoms with van der Waals surface area (Å²) in [5, 5.41) is 9.50. The summed E-state index contributed by atoms with van der Waals surface area (Å²) >= 11 is 5.96. The molecule has 5 nitrogen and oxygen atoms in total. The summed E-state index contributed by atoms with van der Waals surface area (Å²) in [6, 6.07) is 13.8. The second kappa shape index (κ2) is 8.23. The summed E-state index contributed by atoms with van der Waals surface area (Å²) in [6.07, 6.45) is 2.44. The van der Waals surface area contributed by atoms with Gasteiger partial charge in [0, 0.05) is 31.3 Å². The smallest absolute Gasteiger partial charge is 0.323 e. The van der Waals surface area contributed by atoms with Gasteiger partial charge in [0.25, 0.3) is 0 Å². The van der Waals surface area contributed by atoms with E-state index >= 15 is 0 Å². The lowest BCUT2D eigenvalue weighted by molar-refractivity contribution is -0.143. The average Bonchev–Trinajstić information content (AvgIpc) is 2.96. The molecule has 1 atom stereocenters. The summed E-state index contributed by atoms with van der Waals surface area (Å²) in [5.41, 5.74) is 3.05. The molecule has 1 amide bonds. The van der Waals surface area contributed by atoms with Crippen LogP contribution < -0.4 is 4.74 Å². The van der Waals surface area contributed by atoms with Gasteiger partial charge >= 0.3 is 5.97 Å². The number of carboxylic acid groups (broad SMARTS) is 1. The van der Waals surface area contributed by atoms with Gasteiger partial charge in [0.15, 0.2) is 0 Å². The molecule has 2 aromatic carbocycles. The first kappa shape index (κ1) is 20.2. The lowest BCUT2D eigenvalue weighted by Crippen LogP contribution is -2.32. The maximum atomic E-state index is 12.0. The van der Waals surface area contributed by atoms with Crippen molar-refractivity contribution in [2.75, 3.05) is 13.6 Å². The Morgan fingerprint density at radius 3 is 2.54 bits per heavy atom. The van der Waals surface area contributed by atoms with Crippen LogP contribution in [0.1, 0.15) is 30.0 Å². The predicted molar refractivity (Wildman–Crippen MR) is 108 cm³/mol. The standard InChI is InChI=1S/C22H24ClNO4/c1-22(12-16-3-7-18(23)8-4-16)13-17-11-15(5-9-19(17)28-22)6-10-20(25)24(2)14-21(26)27/h3-5,7-9,11H,6,10,12-14H2,1-2H3,(H,26,27)/t22-/m0/s1. The molecule has 0 saturated carbocycles. The molecule has 28 heavy (non-hydrogen) atoms. The van der Waals surface area contributed by atoms with Crippen LogP contribution in [0.3, 0.4) is 0 Å². The number of ether oxygens (including phenoxy) is 1. The van der Waals surface area contributed by atoms with E-state index in [0.29, 0.717) is 6.42 Å². The van der Waals surface area contributed by atoms with Crippen molar-refractivity contribution in [3.63, 3.8) is 0 Å². The van der Waals surface area contributed by atoms with E-state index in [0.717, 1.165) is 34.7 Å². The molecule has 0 radical (unpaired) electrons. The number of likely N-dealkylation sites (N-methyl/N-ethyl adjacent to an activating group) is 1. The van der Waals surface area contributed by atoms with Crippen LogP contribution in [-0.4, -0.2) is 41.1 Å². The minimum absolute atomic E-state index is 0.174. The fourth-order valence-electron chi connectivity index (χ4n) is 3.60. The van der Waals surface area contributed by atoms with Crippen molar-refractivity contribution in [3.05, 3.63) is 64.2 Å². The number of nitrogens with zero attached hydrogens (tertiary/aromatic N) is 1. The Morgan fingerprint density at radius 2 is 1.86 bits per heavy atom. The third-order valence-electron chi connectivity index (χ3n) is 4.96. The third kappa shape index (κ3) is 5.04. The minimum Gasteiger partial charge on any atom is -0.487 e. The first-order chi connectivity index (χ1) is 13.2. The monoisotopic (exact) mass is 401 g/mol. The summed E-state index contributed by atoms with van der Waals surface area (Å²) in [7, 11) is 1.51. The number of amides is 1. The van der Waals surface area contributed by atoms with Crippen LogP contribution in [0, 0.1) is 0 Å². The average molecular weight is 402 g/mol. The zero-order valence-electron chi connectivity index (χ0n) is 16.1. The van der Waals surface area contributed by atoms with E-state index in [1.165, 1.54) is 17.5 Å². The fraction of sp³-hybridized carbons (Fsp3) is 0.364. The number of fused-ring (bicyclic) bond motifs is 1. The van der Waals surface area contributed by atoms with E-state index in [1.54, 1.807) is 0 Å². The van der Waals surface area contributed by atoms with Crippen molar-refractivity contribution in [2.24, 2.45) is 0 Å². The van der Waals surface area contributed by atoms with E-state index in [1.807, 2.05) is 36.4 Å². The van der Waals surface area contributed by atoms with Crippen molar-refractivity contribution in [1.82, 2.24) is 4.90 Å². The van der Waals surface area contributed by atoms with Gasteiger partial charge in [-0.1, -0.05) is 35.9 Å². The SMILES string of the molecule is CN(CC(=O)O)C(=O)CCc1ccc2c(c1)C[C@](C)(Cc1ccc(Cl)cc1)O2. The van der Waals surface area contributed by atoms with Crippen LogP contribution in [-0.2, 0) is 28.9 Å². The van der Waals surface area contributed by atoms with E-state index in [4.69, 9.17) is 21.4 Å². The first-order valence-corrected chi connectivity index (χ1v) is 9.63. The second-order valence-corrected chi connectivity index (χ2v) is 8.05. The summed E-state index contributed by atoms with van der Waals surface area (Å²) in [5.74, 6) is -0.299. The van der Waals surface area contributed by atoms with E-state index in [9.17, 15) is 9.59 Å². The Balaban J connectivity index is 1.61. The highest BCUT2D eigenvalue weighted by Gasteiger charge is 2.35. The highest BCUT2D eigenvalue weighted by Crippen LogP contribution is 2.37. The number of carbonyl (C=O) groups is 2. The molecule has 0 aliphatic carbocycles. The topological polar surface area (TPSA) is 66.8 Å². The molecule has 1 N–H and O–H groups in total. The molecule has 148 valence electrons. The van der Waals surface area contributed by atoms with Crippen LogP contribution >= 0.6 is 11.6 Å². The number of carboxylic acids is 1. The van der Waals surface area contributed by atoms with Crippen LogP contribution in [0.5, 0.6) is 5.75 Å². The van der Waals surface area contributed by atoms with Crippen molar-refractivity contribution < 1.29 is 19.4 Å². The number of halogens is 1. The predicted octanol–water partition coefficient (Wildman–Crippen LogP) is 3.75. The lowest BCUT2D eigenvalue weighted by atomic mass is 9.91. The quantitative estimate of drug-likeness (QED) is 0.767. The molecule has 0 fully saturated rings. The Kier molecular flexibility index (Phi) is 5.94. The molecule has 0 aromatic heterocycles. The van der Waals surface area contributed by atoms with Gasteiger partial charge in [0.05, 0.1) is 0 Å². The zero-order valence-corrected chi connectivity index (χ0v) is 16.8. The maximum Gasteiger partial charge on any atom is 0.323 e. The van der Waals surface area contributed by atoms with Gasteiger partial charge < -0.3 is 14.7 Å². The number of benzene rings is 2. The van der Waals surface area contributed by atoms with Crippen molar-refractivity contribution in [2.45, 2.75) is 38.2 Å². The molecule has 0 saturated heterocycles. The van der Waals surface area contributed by atoms with Crippen molar-refractivity contribution >= 4 is 23.5 Å². The van der Waals surface area contributed by atoms with Crippen LogP contribution in [0.15, 0.2) is 42.5 Å². The van der Waals surface area contributed by atoms with Gasteiger partial charge in [-0.2, -0.15) is 0 Å². The molecule has 2 aromatic rings. The molecule has 1 heterocycles. The number of aliphatic carboxylic acids is 1. The van der Waals surface area contributed by atoms with Gasteiger partial charge in [-0.15, -0.1) is 0 Å². The maximum absolute atomic E-state index is 12.0. The van der Waals surface area contributed by atoms with E-state index < -0.39 is 5.97 Å². The number of hydrogen-bond acceptors (Lipinski definition) is 3. The zero-order chi connectivity index (χ0) is 20.3. The van der Waals surface area contributed by atoms with Gasteiger partial charge in [-0.25, -0.2) is 0 Å². The van der Waals surface area contributed by atoms with Crippen LogP contribution in [0.25, 0.3) is 0 Å². The Hall–Kier alpha value is -2.53. The molecular weight excluding hydrogens is 378 g/mol. The number of hydrogen-bond donors (Lipinski definition) is 1. The van der Waals surface area contributed by atoms with E-state index in [2.05, 4.69) is 13.0 Å². The van der Waals surface area contributed by atoms with Crippen molar-refractivity contribution in [1.29, 1.82) is 0 Å². The molecule has 0 bridgehead atoms. The summed E-state index contributed by atoms with van der Waals surface area (Å²) < 4.78 is 6.22. The molecule has 6 heteroatoms. The number of aryl methyl sites for hydroxylation is 1. The Labute approximate surface area is 169 Å². The number of carbonyl (C=O) groups excluding carboxylic acids is 1. The Morgan fingerprint density at radius 1 is 1.18 bits per heavy atom. The van der Waals surface area contributed by atoms with Crippen molar-refractivity contribution in [3.8, 4) is 5.75 Å².